The third-order valence-electron chi connectivity index (χ3n) is 1.72. The Bertz CT molecular complexity index is 302. The van der Waals surface area contributed by atoms with E-state index >= 15 is 0 Å². The van der Waals surface area contributed by atoms with E-state index in [0.29, 0.717) is 12.2 Å². The van der Waals surface area contributed by atoms with Gasteiger partial charge in [0.2, 0.25) is 0 Å². The van der Waals surface area contributed by atoms with Gasteiger partial charge in [0.1, 0.15) is 5.82 Å². The summed E-state index contributed by atoms with van der Waals surface area (Å²) in [6, 6.07) is 5.09. The average molecular weight is 219 g/mol. The molecule has 1 rings (SSSR count). The number of halogens is 2. The molecule has 2 amide bonds. The molecule has 78 valence electrons. The van der Waals surface area contributed by atoms with Gasteiger partial charge >= 0.3 is 6.03 Å². The Morgan fingerprint density at radius 2 is 1.93 bits per heavy atom. The van der Waals surface area contributed by atoms with Crippen molar-refractivity contribution in [3.05, 3.63) is 30.1 Å². The van der Waals surface area contributed by atoms with Crippen molar-refractivity contribution < 1.29 is 9.18 Å². The van der Waals surface area contributed by atoms with Crippen LogP contribution in [0.3, 0.4) is 0 Å². The van der Waals surface area contributed by atoms with Crippen LogP contribution in [0.5, 0.6) is 0 Å². The molecule has 3 nitrogen and oxygen atoms in total. The highest BCUT2D eigenvalue weighted by atomic mass is 35.5. The van der Waals surface area contributed by atoms with Crippen LogP contribution in [0.4, 0.5) is 14.9 Å². The number of primary amides is 1. The molecular formula is C9H12ClFN2O. The molecule has 0 heterocycles. The van der Waals surface area contributed by atoms with E-state index in [1.807, 2.05) is 0 Å². The standard InChI is InChI=1S/C9H11FN2O.ClH/c1-2-12(9(11)13)8-5-3-7(10)4-6-8;/h3-6H,2H2,1H3,(H2,11,13);1H. The quantitative estimate of drug-likeness (QED) is 0.813. The Hall–Kier alpha value is -1.29. The smallest absolute Gasteiger partial charge is 0.319 e. The van der Waals surface area contributed by atoms with Gasteiger partial charge in [-0.1, -0.05) is 0 Å². The third kappa shape index (κ3) is 2.88. The second-order valence-electron chi connectivity index (χ2n) is 2.56. The first-order chi connectivity index (χ1) is 6.15. The second kappa shape index (κ2) is 5.44. The number of hydrogen-bond acceptors (Lipinski definition) is 1. The second-order valence-corrected chi connectivity index (χ2v) is 2.56. The Morgan fingerprint density at radius 1 is 1.43 bits per heavy atom. The molecule has 0 aromatic heterocycles. The van der Waals surface area contributed by atoms with Crippen molar-refractivity contribution in [1.82, 2.24) is 0 Å². The minimum Gasteiger partial charge on any atom is -0.351 e. The molecule has 0 fully saturated rings. The zero-order valence-electron chi connectivity index (χ0n) is 7.74. The largest absolute Gasteiger partial charge is 0.351 e. The first-order valence-corrected chi connectivity index (χ1v) is 3.97. The number of rotatable bonds is 2. The zero-order valence-corrected chi connectivity index (χ0v) is 8.55. The fourth-order valence-electron chi connectivity index (χ4n) is 1.09. The van der Waals surface area contributed by atoms with Crippen molar-refractivity contribution in [3.8, 4) is 0 Å². The van der Waals surface area contributed by atoms with Crippen LogP contribution in [0.25, 0.3) is 0 Å². The number of urea groups is 1. The molecule has 5 heteroatoms. The van der Waals surface area contributed by atoms with Crippen LogP contribution < -0.4 is 10.6 Å². The summed E-state index contributed by atoms with van der Waals surface area (Å²) in [4.78, 5) is 12.2. The molecule has 0 saturated heterocycles. The van der Waals surface area contributed by atoms with Gasteiger partial charge in [0.05, 0.1) is 0 Å². The number of hydrogen-bond donors (Lipinski definition) is 1. The van der Waals surface area contributed by atoms with Gasteiger partial charge in [-0.25, -0.2) is 9.18 Å². The number of amides is 2. The van der Waals surface area contributed by atoms with E-state index in [1.54, 1.807) is 6.92 Å². The van der Waals surface area contributed by atoms with Crippen molar-refractivity contribution in [2.45, 2.75) is 6.92 Å². The van der Waals surface area contributed by atoms with E-state index in [1.165, 1.54) is 29.2 Å². The molecule has 0 bridgehead atoms. The van der Waals surface area contributed by atoms with E-state index in [0.717, 1.165) is 0 Å². The normalized spacial score (nSPS) is 9.00. The van der Waals surface area contributed by atoms with E-state index in [4.69, 9.17) is 5.73 Å². The summed E-state index contributed by atoms with van der Waals surface area (Å²) < 4.78 is 12.5. The van der Waals surface area contributed by atoms with Crippen LogP contribution in [0.2, 0.25) is 0 Å². The van der Waals surface area contributed by atoms with E-state index in [-0.39, 0.29) is 18.2 Å². The van der Waals surface area contributed by atoms with Crippen LogP contribution >= 0.6 is 12.4 Å². The van der Waals surface area contributed by atoms with Gasteiger partial charge in [0.25, 0.3) is 0 Å². The Kier molecular flexibility index (Phi) is 4.94. The maximum absolute atomic E-state index is 12.5. The number of carbonyl (C=O) groups is 1. The predicted octanol–water partition coefficient (Wildman–Crippen LogP) is 2.15. The predicted molar refractivity (Wildman–Crippen MR) is 56.3 cm³/mol. The zero-order chi connectivity index (χ0) is 9.84. The fourth-order valence-corrected chi connectivity index (χ4v) is 1.09. The molecule has 0 aliphatic heterocycles. The topological polar surface area (TPSA) is 46.3 Å². The van der Waals surface area contributed by atoms with Crippen LogP contribution in [0.15, 0.2) is 24.3 Å². The Labute approximate surface area is 88.1 Å². The number of anilines is 1. The number of benzene rings is 1. The van der Waals surface area contributed by atoms with Crippen LogP contribution in [0.1, 0.15) is 6.92 Å². The molecule has 1 aromatic carbocycles. The Morgan fingerprint density at radius 3 is 2.29 bits per heavy atom. The van der Waals surface area contributed by atoms with Crippen molar-refractivity contribution in [3.63, 3.8) is 0 Å². The summed E-state index contributed by atoms with van der Waals surface area (Å²) in [5, 5.41) is 0. The molecule has 0 spiro atoms. The number of carbonyl (C=O) groups excluding carboxylic acids is 1. The van der Waals surface area contributed by atoms with Gasteiger partial charge in [-0.2, -0.15) is 0 Å². The van der Waals surface area contributed by atoms with Gasteiger partial charge in [0.15, 0.2) is 0 Å². The molecule has 1 aromatic rings. The molecule has 0 radical (unpaired) electrons. The summed E-state index contributed by atoms with van der Waals surface area (Å²) in [6.07, 6.45) is 0. The molecule has 0 aliphatic rings. The van der Waals surface area contributed by atoms with Gasteiger partial charge in [-0.15, -0.1) is 12.4 Å². The highest BCUT2D eigenvalue weighted by molar-refractivity contribution is 5.90. The third-order valence-corrected chi connectivity index (χ3v) is 1.72. The minimum atomic E-state index is -0.533. The van der Waals surface area contributed by atoms with Crippen LogP contribution in [-0.4, -0.2) is 12.6 Å². The van der Waals surface area contributed by atoms with Crippen molar-refractivity contribution in [2.24, 2.45) is 5.73 Å². The lowest BCUT2D eigenvalue weighted by molar-refractivity contribution is 0.254. The Balaban J connectivity index is 0.00000169. The molecular weight excluding hydrogens is 207 g/mol. The lowest BCUT2D eigenvalue weighted by Gasteiger charge is -2.17. The lowest BCUT2D eigenvalue weighted by atomic mass is 10.3. The first kappa shape index (κ1) is 12.7. The van der Waals surface area contributed by atoms with Crippen LogP contribution in [0, 0.1) is 5.82 Å². The summed E-state index contributed by atoms with van der Waals surface area (Å²) >= 11 is 0. The maximum atomic E-state index is 12.5. The van der Waals surface area contributed by atoms with Crippen LogP contribution in [-0.2, 0) is 0 Å². The van der Waals surface area contributed by atoms with Crippen molar-refractivity contribution in [2.75, 3.05) is 11.4 Å². The minimum absolute atomic E-state index is 0. The van der Waals surface area contributed by atoms with E-state index < -0.39 is 6.03 Å². The monoisotopic (exact) mass is 218 g/mol. The molecule has 14 heavy (non-hydrogen) atoms. The fraction of sp³-hybridized carbons (Fsp3) is 0.222. The number of nitrogens with zero attached hydrogens (tertiary/aromatic N) is 1. The highest BCUT2D eigenvalue weighted by Crippen LogP contribution is 2.13. The van der Waals surface area contributed by atoms with Gasteiger partial charge in [0, 0.05) is 12.2 Å². The SMILES string of the molecule is CCN(C(N)=O)c1ccc(F)cc1.Cl. The molecule has 2 N–H and O–H groups in total. The molecule has 0 atom stereocenters. The van der Waals surface area contributed by atoms with Gasteiger partial charge in [-0.05, 0) is 31.2 Å². The summed E-state index contributed by atoms with van der Waals surface area (Å²) in [5.74, 6) is -0.329. The molecule has 0 saturated carbocycles. The summed E-state index contributed by atoms with van der Waals surface area (Å²) in [7, 11) is 0. The van der Waals surface area contributed by atoms with Gasteiger partial charge < -0.3 is 5.73 Å². The molecule has 0 unspecified atom stereocenters. The summed E-state index contributed by atoms with van der Waals surface area (Å²) in [5.41, 5.74) is 5.72. The van der Waals surface area contributed by atoms with E-state index in [2.05, 4.69) is 0 Å². The van der Waals surface area contributed by atoms with Crippen molar-refractivity contribution in [1.29, 1.82) is 0 Å². The summed E-state index contributed by atoms with van der Waals surface area (Å²) in [6.45, 7) is 2.27. The average Bonchev–Trinajstić information content (AvgIpc) is 2.09. The first-order valence-electron chi connectivity index (χ1n) is 3.97. The number of nitrogens with two attached hydrogens (primary N) is 1. The lowest BCUT2D eigenvalue weighted by Crippen LogP contribution is -2.35. The molecule has 0 aliphatic carbocycles. The van der Waals surface area contributed by atoms with Crippen molar-refractivity contribution >= 4 is 24.1 Å². The highest BCUT2D eigenvalue weighted by Gasteiger charge is 2.08. The van der Waals surface area contributed by atoms with Gasteiger partial charge in [-0.3, -0.25) is 4.90 Å². The van der Waals surface area contributed by atoms with E-state index in [9.17, 15) is 9.18 Å². The maximum Gasteiger partial charge on any atom is 0.319 e.